The molecule has 2 fully saturated rings. The van der Waals surface area contributed by atoms with Gasteiger partial charge in [0, 0.05) is 18.6 Å². The highest BCUT2D eigenvalue weighted by Gasteiger charge is 2.29. The standard InChI is InChI=1S/C15H31N3/c1-17-10-6-14(7-11-17)12-18(2)13-15(16)8-4-3-5-9-15/h14H,3-13,16H2,1-2H3. The molecule has 0 amide bonds. The van der Waals surface area contributed by atoms with Crippen LogP contribution in [0.5, 0.6) is 0 Å². The van der Waals surface area contributed by atoms with E-state index in [4.69, 9.17) is 5.73 Å². The molecule has 0 spiro atoms. The Labute approximate surface area is 113 Å². The van der Waals surface area contributed by atoms with Crippen LogP contribution in [0.2, 0.25) is 0 Å². The third kappa shape index (κ3) is 4.22. The quantitative estimate of drug-likeness (QED) is 0.831. The normalized spacial score (nSPS) is 26.7. The van der Waals surface area contributed by atoms with Gasteiger partial charge in [0.1, 0.15) is 0 Å². The van der Waals surface area contributed by atoms with Gasteiger partial charge in [-0.05, 0) is 58.8 Å². The molecule has 2 aliphatic rings. The Balaban J connectivity index is 1.72. The number of hydrogen-bond acceptors (Lipinski definition) is 3. The van der Waals surface area contributed by atoms with E-state index < -0.39 is 0 Å². The number of piperidine rings is 1. The first-order valence-corrected chi connectivity index (χ1v) is 7.73. The predicted molar refractivity (Wildman–Crippen MR) is 77.7 cm³/mol. The summed E-state index contributed by atoms with van der Waals surface area (Å²) in [5.41, 5.74) is 6.65. The SMILES string of the molecule is CN1CCC(CN(C)CC2(N)CCCCC2)CC1. The van der Waals surface area contributed by atoms with Crippen molar-refractivity contribution in [1.82, 2.24) is 9.80 Å². The maximum atomic E-state index is 6.54. The largest absolute Gasteiger partial charge is 0.324 e. The molecule has 0 aromatic carbocycles. The van der Waals surface area contributed by atoms with Crippen LogP contribution in [0.3, 0.4) is 0 Å². The van der Waals surface area contributed by atoms with Gasteiger partial charge in [-0.1, -0.05) is 19.3 Å². The van der Waals surface area contributed by atoms with Gasteiger partial charge in [-0.2, -0.15) is 0 Å². The van der Waals surface area contributed by atoms with Crippen LogP contribution in [0.4, 0.5) is 0 Å². The van der Waals surface area contributed by atoms with Gasteiger partial charge in [0.05, 0.1) is 0 Å². The Morgan fingerprint density at radius 3 is 2.39 bits per heavy atom. The molecule has 0 aromatic heterocycles. The van der Waals surface area contributed by atoms with Crippen LogP contribution in [0.25, 0.3) is 0 Å². The van der Waals surface area contributed by atoms with Crippen LogP contribution < -0.4 is 5.73 Å². The summed E-state index contributed by atoms with van der Waals surface area (Å²) in [5.74, 6) is 0.887. The molecule has 0 unspecified atom stereocenters. The molecule has 106 valence electrons. The Kier molecular flexibility index (Phi) is 5.05. The fourth-order valence-corrected chi connectivity index (χ4v) is 3.70. The van der Waals surface area contributed by atoms with Crippen molar-refractivity contribution in [3.8, 4) is 0 Å². The van der Waals surface area contributed by atoms with Gasteiger partial charge in [-0.25, -0.2) is 0 Å². The number of nitrogens with zero attached hydrogens (tertiary/aromatic N) is 2. The second-order valence-electron chi connectivity index (χ2n) is 6.87. The molecule has 3 heteroatoms. The van der Waals surface area contributed by atoms with Crippen molar-refractivity contribution >= 4 is 0 Å². The molecule has 0 aromatic rings. The molecule has 0 bridgehead atoms. The summed E-state index contributed by atoms with van der Waals surface area (Å²) in [4.78, 5) is 4.95. The maximum Gasteiger partial charge on any atom is 0.0283 e. The summed E-state index contributed by atoms with van der Waals surface area (Å²) in [6.45, 7) is 4.88. The molecular weight excluding hydrogens is 222 g/mol. The van der Waals surface area contributed by atoms with Crippen molar-refractivity contribution in [2.45, 2.75) is 50.5 Å². The van der Waals surface area contributed by atoms with Gasteiger partial charge >= 0.3 is 0 Å². The lowest BCUT2D eigenvalue weighted by Crippen LogP contribution is -2.51. The molecular formula is C15H31N3. The zero-order valence-corrected chi connectivity index (χ0v) is 12.3. The highest BCUT2D eigenvalue weighted by atomic mass is 15.1. The highest BCUT2D eigenvalue weighted by molar-refractivity contribution is 4.90. The van der Waals surface area contributed by atoms with Crippen molar-refractivity contribution in [1.29, 1.82) is 0 Å². The minimum atomic E-state index is 0.110. The Hall–Kier alpha value is -0.120. The number of likely N-dealkylation sites (tertiary alicyclic amines) is 1. The van der Waals surface area contributed by atoms with Crippen LogP contribution >= 0.6 is 0 Å². The van der Waals surface area contributed by atoms with Gasteiger partial charge in [-0.3, -0.25) is 0 Å². The van der Waals surface area contributed by atoms with Crippen molar-refractivity contribution in [2.24, 2.45) is 11.7 Å². The fourth-order valence-electron chi connectivity index (χ4n) is 3.70. The predicted octanol–water partition coefficient (Wildman–Crippen LogP) is 1.92. The lowest BCUT2D eigenvalue weighted by atomic mass is 9.82. The molecule has 0 radical (unpaired) electrons. The van der Waals surface area contributed by atoms with Crippen molar-refractivity contribution in [3.63, 3.8) is 0 Å². The zero-order valence-electron chi connectivity index (χ0n) is 12.3. The lowest BCUT2D eigenvalue weighted by Gasteiger charge is -2.39. The molecule has 1 saturated heterocycles. The minimum Gasteiger partial charge on any atom is -0.324 e. The van der Waals surface area contributed by atoms with E-state index in [1.165, 1.54) is 64.6 Å². The number of rotatable bonds is 4. The smallest absolute Gasteiger partial charge is 0.0283 e. The van der Waals surface area contributed by atoms with Crippen LogP contribution in [0, 0.1) is 5.92 Å². The average Bonchev–Trinajstić information content (AvgIpc) is 2.32. The van der Waals surface area contributed by atoms with E-state index in [0.717, 1.165) is 12.5 Å². The van der Waals surface area contributed by atoms with E-state index in [-0.39, 0.29) is 5.54 Å². The summed E-state index contributed by atoms with van der Waals surface area (Å²) in [6.07, 6.45) is 9.22. The monoisotopic (exact) mass is 253 g/mol. The molecule has 1 heterocycles. The van der Waals surface area contributed by atoms with Gasteiger partial charge in [0.15, 0.2) is 0 Å². The summed E-state index contributed by atoms with van der Waals surface area (Å²) >= 11 is 0. The third-order valence-corrected chi connectivity index (χ3v) is 4.84. The van der Waals surface area contributed by atoms with Crippen molar-refractivity contribution in [2.75, 3.05) is 40.3 Å². The first-order valence-electron chi connectivity index (χ1n) is 7.73. The summed E-state index contributed by atoms with van der Waals surface area (Å²) in [6, 6.07) is 0. The zero-order chi connectivity index (χ0) is 13.0. The van der Waals surface area contributed by atoms with E-state index in [0.29, 0.717) is 0 Å². The second-order valence-corrected chi connectivity index (χ2v) is 6.87. The first kappa shape index (κ1) is 14.3. The molecule has 2 N–H and O–H groups in total. The maximum absolute atomic E-state index is 6.54. The van der Waals surface area contributed by atoms with Crippen molar-refractivity contribution < 1.29 is 0 Å². The van der Waals surface area contributed by atoms with E-state index >= 15 is 0 Å². The summed E-state index contributed by atoms with van der Waals surface area (Å²) in [7, 11) is 4.50. The average molecular weight is 253 g/mol. The third-order valence-electron chi connectivity index (χ3n) is 4.84. The van der Waals surface area contributed by atoms with Crippen LogP contribution in [0.15, 0.2) is 0 Å². The van der Waals surface area contributed by atoms with Gasteiger partial charge in [-0.15, -0.1) is 0 Å². The summed E-state index contributed by atoms with van der Waals surface area (Å²) in [5, 5.41) is 0. The molecule has 2 rings (SSSR count). The second kappa shape index (κ2) is 6.36. The van der Waals surface area contributed by atoms with Crippen LogP contribution in [-0.4, -0.2) is 55.6 Å². The molecule has 1 aliphatic carbocycles. The van der Waals surface area contributed by atoms with Crippen LogP contribution in [0.1, 0.15) is 44.9 Å². The number of likely N-dealkylation sites (N-methyl/N-ethyl adjacent to an activating group) is 1. The van der Waals surface area contributed by atoms with Gasteiger partial charge in [0.2, 0.25) is 0 Å². The van der Waals surface area contributed by atoms with Gasteiger partial charge in [0.25, 0.3) is 0 Å². The first-order chi connectivity index (χ1) is 8.57. The molecule has 3 nitrogen and oxygen atoms in total. The minimum absolute atomic E-state index is 0.110. The van der Waals surface area contributed by atoms with E-state index in [1.807, 2.05) is 0 Å². The fraction of sp³-hybridized carbons (Fsp3) is 1.00. The molecule has 1 aliphatic heterocycles. The van der Waals surface area contributed by atoms with E-state index in [9.17, 15) is 0 Å². The van der Waals surface area contributed by atoms with E-state index in [1.54, 1.807) is 0 Å². The Morgan fingerprint density at radius 2 is 1.78 bits per heavy atom. The topological polar surface area (TPSA) is 32.5 Å². The molecule has 0 atom stereocenters. The summed E-state index contributed by atoms with van der Waals surface area (Å²) < 4.78 is 0. The molecule has 1 saturated carbocycles. The number of nitrogens with two attached hydrogens (primary N) is 1. The van der Waals surface area contributed by atoms with E-state index in [2.05, 4.69) is 23.9 Å². The molecule has 18 heavy (non-hydrogen) atoms. The Morgan fingerprint density at radius 1 is 1.17 bits per heavy atom. The van der Waals surface area contributed by atoms with Crippen LogP contribution in [-0.2, 0) is 0 Å². The highest BCUT2D eigenvalue weighted by Crippen LogP contribution is 2.27. The number of hydrogen-bond donors (Lipinski definition) is 1. The van der Waals surface area contributed by atoms with Crippen molar-refractivity contribution in [3.05, 3.63) is 0 Å². The lowest BCUT2D eigenvalue weighted by molar-refractivity contribution is 0.144. The Bertz CT molecular complexity index is 240. The van der Waals surface area contributed by atoms with Gasteiger partial charge < -0.3 is 15.5 Å².